The van der Waals surface area contributed by atoms with Crippen molar-refractivity contribution in [3.05, 3.63) is 47.8 Å². The Morgan fingerprint density at radius 1 is 1.31 bits per heavy atom. The summed E-state index contributed by atoms with van der Waals surface area (Å²) >= 11 is 0. The first-order valence-electron chi connectivity index (χ1n) is 8.56. The Kier molecular flexibility index (Phi) is 7.33. The number of aromatic nitrogens is 2. The van der Waals surface area contributed by atoms with E-state index in [4.69, 9.17) is 4.74 Å². The number of aliphatic hydroxyl groups excluding tert-OH is 1. The highest BCUT2D eigenvalue weighted by Crippen LogP contribution is 2.17. The molecule has 1 aromatic heterocycles. The van der Waals surface area contributed by atoms with Crippen LogP contribution in [0, 0.1) is 0 Å². The molecule has 2 rings (SSSR count). The van der Waals surface area contributed by atoms with E-state index in [9.17, 15) is 13.5 Å². The molecule has 0 aliphatic heterocycles. The Labute approximate surface area is 155 Å². The van der Waals surface area contributed by atoms with Crippen molar-refractivity contribution in [2.45, 2.75) is 31.3 Å². The molecule has 0 saturated heterocycles. The predicted octanol–water partition coefficient (Wildman–Crippen LogP) is 1.49. The largest absolute Gasteiger partial charge is 0.387 e. The van der Waals surface area contributed by atoms with Crippen LogP contribution in [0.3, 0.4) is 0 Å². The zero-order valence-electron chi connectivity index (χ0n) is 15.5. The van der Waals surface area contributed by atoms with Gasteiger partial charge in [0.05, 0.1) is 30.4 Å². The van der Waals surface area contributed by atoms with Gasteiger partial charge >= 0.3 is 0 Å². The fourth-order valence-corrected chi connectivity index (χ4v) is 3.75. The standard InChI is InChI=1S/C18H27N3O4S/c1-4-26(23,24)18-19-12-16(21(18)10-11-25-3)13-20(2)14-17(22)15-8-6-5-7-9-15/h5-9,12,17,22H,4,10-11,13-14H2,1-3H3. The molecule has 1 aromatic carbocycles. The zero-order valence-corrected chi connectivity index (χ0v) is 16.3. The molecule has 26 heavy (non-hydrogen) atoms. The lowest BCUT2D eigenvalue weighted by atomic mass is 10.1. The Morgan fingerprint density at radius 2 is 2.00 bits per heavy atom. The summed E-state index contributed by atoms with van der Waals surface area (Å²) in [7, 11) is 0.0472. The third-order valence-corrected chi connectivity index (χ3v) is 5.82. The number of benzene rings is 1. The Hall–Kier alpha value is -1.74. The van der Waals surface area contributed by atoms with Crippen molar-refractivity contribution in [3.8, 4) is 0 Å². The molecule has 0 aliphatic carbocycles. The summed E-state index contributed by atoms with van der Waals surface area (Å²) in [6.07, 6.45) is 0.972. The second-order valence-corrected chi connectivity index (χ2v) is 8.38. The van der Waals surface area contributed by atoms with Gasteiger partial charge in [-0.2, -0.15) is 0 Å². The van der Waals surface area contributed by atoms with Crippen LogP contribution in [0.15, 0.2) is 41.7 Å². The molecule has 7 nitrogen and oxygen atoms in total. The fraction of sp³-hybridized carbons (Fsp3) is 0.500. The molecule has 1 unspecified atom stereocenters. The van der Waals surface area contributed by atoms with Gasteiger partial charge in [0.2, 0.25) is 15.0 Å². The van der Waals surface area contributed by atoms with Crippen LogP contribution in [-0.4, -0.2) is 61.0 Å². The molecule has 0 saturated carbocycles. The van der Waals surface area contributed by atoms with Crippen LogP contribution >= 0.6 is 0 Å². The number of hydrogen-bond acceptors (Lipinski definition) is 6. The number of aliphatic hydroxyl groups is 1. The van der Waals surface area contributed by atoms with Crippen molar-refractivity contribution in [1.82, 2.24) is 14.5 Å². The lowest BCUT2D eigenvalue weighted by Gasteiger charge is -2.21. The highest BCUT2D eigenvalue weighted by atomic mass is 32.2. The number of likely N-dealkylation sites (N-methyl/N-ethyl adjacent to an activating group) is 1. The number of imidazole rings is 1. The van der Waals surface area contributed by atoms with Gasteiger partial charge < -0.3 is 14.4 Å². The molecular weight excluding hydrogens is 354 g/mol. The Bertz CT molecular complexity index is 790. The normalized spacial score (nSPS) is 13.3. The Morgan fingerprint density at radius 3 is 2.62 bits per heavy atom. The summed E-state index contributed by atoms with van der Waals surface area (Å²) < 4.78 is 31.3. The van der Waals surface area contributed by atoms with Gasteiger partial charge in [-0.15, -0.1) is 0 Å². The van der Waals surface area contributed by atoms with Crippen LogP contribution in [0.1, 0.15) is 24.3 Å². The third kappa shape index (κ3) is 5.14. The van der Waals surface area contributed by atoms with Crippen molar-refractivity contribution >= 4 is 9.84 Å². The minimum atomic E-state index is -3.41. The first kappa shape index (κ1) is 20.6. The van der Waals surface area contributed by atoms with E-state index in [2.05, 4.69) is 4.98 Å². The minimum absolute atomic E-state index is 0.000996. The van der Waals surface area contributed by atoms with Crippen molar-refractivity contribution in [3.63, 3.8) is 0 Å². The van der Waals surface area contributed by atoms with E-state index in [0.717, 1.165) is 11.3 Å². The van der Waals surface area contributed by atoms with Crippen molar-refractivity contribution in [1.29, 1.82) is 0 Å². The molecule has 0 spiro atoms. The van der Waals surface area contributed by atoms with Crippen LogP contribution in [0.2, 0.25) is 0 Å². The summed E-state index contributed by atoms with van der Waals surface area (Å²) in [4.78, 5) is 6.08. The summed E-state index contributed by atoms with van der Waals surface area (Å²) in [6.45, 7) is 3.31. The number of rotatable bonds is 10. The average Bonchev–Trinajstić information content (AvgIpc) is 3.03. The van der Waals surface area contributed by atoms with Crippen LogP contribution < -0.4 is 0 Å². The van der Waals surface area contributed by atoms with Crippen molar-refractivity contribution in [2.24, 2.45) is 0 Å². The van der Waals surface area contributed by atoms with Gasteiger partial charge in [0.15, 0.2) is 0 Å². The van der Waals surface area contributed by atoms with Gasteiger partial charge in [0, 0.05) is 26.7 Å². The van der Waals surface area contributed by atoms with Crippen LogP contribution in [0.4, 0.5) is 0 Å². The van der Waals surface area contributed by atoms with E-state index < -0.39 is 15.9 Å². The van der Waals surface area contributed by atoms with Gasteiger partial charge in [0.25, 0.3) is 0 Å². The highest BCUT2D eigenvalue weighted by Gasteiger charge is 2.22. The topological polar surface area (TPSA) is 84.7 Å². The molecule has 0 amide bonds. The van der Waals surface area contributed by atoms with Gasteiger partial charge in [0.1, 0.15) is 0 Å². The van der Waals surface area contributed by atoms with Gasteiger partial charge in [-0.1, -0.05) is 37.3 Å². The molecule has 1 N–H and O–H groups in total. The second-order valence-electron chi connectivity index (χ2n) is 6.20. The molecule has 144 valence electrons. The molecule has 8 heteroatoms. The first-order chi connectivity index (χ1) is 12.4. The first-order valence-corrected chi connectivity index (χ1v) is 10.2. The average molecular weight is 381 g/mol. The lowest BCUT2D eigenvalue weighted by molar-refractivity contribution is 0.121. The maximum Gasteiger partial charge on any atom is 0.227 e. The molecule has 0 bridgehead atoms. The van der Waals surface area contributed by atoms with Gasteiger partial charge in [-0.25, -0.2) is 13.4 Å². The zero-order chi connectivity index (χ0) is 19.2. The van der Waals surface area contributed by atoms with E-state index in [-0.39, 0.29) is 10.9 Å². The van der Waals surface area contributed by atoms with Crippen molar-refractivity contribution in [2.75, 3.05) is 33.1 Å². The highest BCUT2D eigenvalue weighted by molar-refractivity contribution is 7.91. The summed E-state index contributed by atoms with van der Waals surface area (Å²) in [5.74, 6) is -0.000996. The van der Waals surface area contributed by atoms with Crippen molar-refractivity contribution < 1.29 is 18.3 Å². The summed E-state index contributed by atoms with van der Waals surface area (Å²) in [5.41, 5.74) is 1.62. The fourth-order valence-electron chi connectivity index (χ4n) is 2.73. The van der Waals surface area contributed by atoms with Crippen LogP contribution in [-0.2, 0) is 27.7 Å². The number of hydrogen-bond donors (Lipinski definition) is 1. The minimum Gasteiger partial charge on any atom is -0.387 e. The maximum atomic E-state index is 12.3. The lowest BCUT2D eigenvalue weighted by Crippen LogP contribution is -2.26. The number of ether oxygens (including phenoxy) is 1. The van der Waals surface area contributed by atoms with Gasteiger partial charge in [-0.05, 0) is 12.6 Å². The number of sulfone groups is 1. The summed E-state index contributed by atoms with van der Waals surface area (Å²) in [6, 6.07) is 9.45. The molecule has 0 fully saturated rings. The maximum absolute atomic E-state index is 12.3. The molecule has 2 aromatic rings. The van der Waals surface area contributed by atoms with E-state index in [1.807, 2.05) is 42.3 Å². The van der Waals surface area contributed by atoms with E-state index in [1.54, 1.807) is 24.8 Å². The van der Waals surface area contributed by atoms with Crippen LogP contribution in [0.5, 0.6) is 0 Å². The van der Waals surface area contributed by atoms with E-state index in [1.165, 1.54) is 0 Å². The van der Waals surface area contributed by atoms with Gasteiger partial charge in [-0.3, -0.25) is 4.90 Å². The molecule has 1 atom stereocenters. The van der Waals surface area contributed by atoms with E-state index in [0.29, 0.717) is 26.2 Å². The van der Waals surface area contributed by atoms with E-state index >= 15 is 0 Å². The molecule has 1 heterocycles. The summed E-state index contributed by atoms with van der Waals surface area (Å²) in [5, 5.41) is 10.4. The number of nitrogens with zero attached hydrogens (tertiary/aromatic N) is 3. The smallest absolute Gasteiger partial charge is 0.227 e. The molecule has 0 aliphatic rings. The number of methoxy groups -OCH3 is 1. The molecule has 0 radical (unpaired) electrons. The Balaban J connectivity index is 2.15. The van der Waals surface area contributed by atoms with Crippen LogP contribution in [0.25, 0.3) is 0 Å². The predicted molar refractivity (Wildman–Crippen MR) is 99.6 cm³/mol. The quantitative estimate of drug-likeness (QED) is 0.671. The SMILES string of the molecule is CCS(=O)(=O)c1ncc(CN(C)CC(O)c2ccccc2)n1CCOC. The molecular formula is C18H27N3O4S. The second kappa shape index (κ2) is 9.27. The monoisotopic (exact) mass is 381 g/mol. The third-order valence-electron chi connectivity index (χ3n) is 4.18.